The maximum absolute atomic E-state index is 12.9. The molecule has 0 unspecified atom stereocenters. The number of aromatic nitrogens is 3. The monoisotopic (exact) mass is 467 g/mol. The quantitative estimate of drug-likeness (QED) is 0.555. The Labute approximate surface area is 203 Å². The zero-order chi connectivity index (χ0) is 25.0. The number of hydrogen-bond donors (Lipinski definition) is 2. The molecule has 1 aliphatic heterocycles. The average Bonchev–Trinajstić information content (AvgIpc) is 3.38. The Morgan fingerprint density at radius 3 is 2.71 bits per heavy atom. The lowest BCUT2D eigenvalue weighted by molar-refractivity contribution is 0.102. The van der Waals surface area contributed by atoms with Crippen molar-refractivity contribution in [1.29, 1.82) is 10.5 Å². The summed E-state index contributed by atoms with van der Waals surface area (Å²) in [6, 6.07) is 11.3. The molecule has 176 valence electrons. The van der Waals surface area contributed by atoms with Gasteiger partial charge in [0, 0.05) is 41.4 Å². The fourth-order valence-electron chi connectivity index (χ4n) is 3.72. The van der Waals surface area contributed by atoms with Crippen LogP contribution in [0.2, 0.25) is 0 Å². The molecular formula is C26H25N7O2. The highest BCUT2D eigenvalue weighted by molar-refractivity contribution is 6.04. The molecular weight excluding hydrogens is 442 g/mol. The zero-order valence-electron chi connectivity index (χ0n) is 19.8. The van der Waals surface area contributed by atoms with Crippen LogP contribution in [0.4, 0.5) is 11.5 Å². The van der Waals surface area contributed by atoms with E-state index >= 15 is 0 Å². The minimum Gasteiger partial charge on any atom is -0.379 e. The molecule has 1 amide bonds. The van der Waals surface area contributed by atoms with Crippen LogP contribution in [0.5, 0.6) is 0 Å². The first-order valence-corrected chi connectivity index (χ1v) is 11.2. The lowest BCUT2D eigenvalue weighted by Crippen LogP contribution is -2.20. The highest BCUT2D eigenvalue weighted by Crippen LogP contribution is 2.28. The summed E-state index contributed by atoms with van der Waals surface area (Å²) in [4.78, 5) is 26.0. The van der Waals surface area contributed by atoms with Crippen LogP contribution in [-0.2, 0) is 10.2 Å². The maximum Gasteiger partial charge on any atom is 0.255 e. The summed E-state index contributed by atoms with van der Waals surface area (Å²) in [6.45, 7) is 6.64. The number of amides is 1. The molecule has 2 N–H and O–H groups in total. The van der Waals surface area contributed by atoms with Gasteiger partial charge in [0.05, 0.1) is 47.3 Å². The number of nitrogens with one attached hydrogen (secondary N) is 2. The highest BCUT2D eigenvalue weighted by Gasteiger charge is 2.23. The molecule has 0 aliphatic carbocycles. The van der Waals surface area contributed by atoms with Gasteiger partial charge in [0.1, 0.15) is 11.9 Å². The molecule has 1 aliphatic rings. The van der Waals surface area contributed by atoms with Gasteiger partial charge in [-0.05, 0) is 51.5 Å². The first-order valence-electron chi connectivity index (χ1n) is 11.2. The summed E-state index contributed by atoms with van der Waals surface area (Å²) in [5, 5.41) is 25.2. The van der Waals surface area contributed by atoms with E-state index in [0.29, 0.717) is 41.5 Å². The van der Waals surface area contributed by atoms with Crippen molar-refractivity contribution in [3.8, 4) is 23.3 Å². The first-order chi connectivity index (χ1) is 16.8. The Morgan fingerprint density at radius 1 is 1.17 bits per heavy atom. The Morgan fingerprint density at radius 2 is 2.00 bits per heavy atom. The molecule has 3 aromatic heterocycles. The van der Waals surface area contributed by atoms with Crippen LogP contribution in [0.25, 0.3) is 11.1 Å². The van der Waals surface area contributed by atoms with Crippen molar-refractivity contribution in [2.24, 2.45) is 0 Å². The van der Waals surface area contributed by atoms with Crippen molar-refractivity contribution in [2.45, 2.75) is 38.6 Å². The van der Waals surface area contributed by atoms with Crippen molar-refractivity contribution >= 4 is 17.4 Å². The van der Waals surface area contributed by atoms with E-state index in [4.69, 9.17) is 4.74 Å². The highest BCUT2D eigenvalue weighted by atomic mass is 16.5. The van der Waals surface area contributed by atoms with Crippen molar-refractivity contribution in [2.75, 3.05) is 23.8 Å². The Bertz CT molecular complexity index is 1350. The van der Waals surface area contributed by atoms with Gasteiger partial charge in [0.15, 0.2) is 0 Å². The largest absolute Gasteiger partial charge is 0.379 e. The molecule has 1 atom stereocenters. The lowest BCUT2D eigenvalue weighted by atomic mass is 9.90. The molecule has 4 rings (SSSR count). The molecule has 0 spiro atoms. The minimum absolute atomic E-state index is 0.134. The van der Waals surface area contributed by atoms with Crippen LogP contribution in [0.3, 0.4) is 0 Å². The SMILES string of the molecule is Cc1ncc(NC(=O)c2ccnc(C(C)(C)C#N)c2)cc1-c1cnc(N[C@H]2CCOC2)c(C#N)c1. The van der Waals surface area contributed by atoms with Gasteiger partial charge in [-0.3, -0.25) is 14.8 Å². The van der Waals surface area contributed by atoms with E-state index in [1.54, 1.807) is 50.5 Å². The fraction of sp³-hybridized carbons (Fsp3) is 0.308. The predicted octanol–water partition coefficient (Wildman–Crippen LogP) is 3.97. The van der Waals surface area contributed by atoms with Crippen LogP contribution >= 0.6 is 0 Å². The summed E-state index contributed by atoms with van der Waals surface area (Å²) >= 11 is 0. The number of aryl methyl sites for hydroxylation is 1. The minimum atomic E-state index is -0.813. The third-order valence-corrected chi connectivity index (χ3v) is 5.88. The van der Waals surface area contributed by atoms with E-state index in [2.05, 4.69) is 37.7 Å². The molecule has 1 fully saturated rings. The number of pyridine rings is 3. The standard InChI is InChI=1S/C26H25N7O2/c1-16-22(19-8-18(11-27)24(31-12-19)32-20-5-7-35-14-20)10-21(13-30-16)33-25(34)17-4-6-29-23(9-17)26(2,3)15-28/h4,6,8-10,12-13,20H,5,7,14H2,1-3H3,(H,31,32)(H,33,34)/t20-/m0/s1. The number of anilines is 2. The molecule has 1 saturated heterocycles. The Balaban J connectivity index is 1.58. The number of carbonyl (C=O) groups is 1. The van der Waals surface area contributed by atoms with Gasteiger partial charge in [0.2, 0.25) is 0 Å². The van der Waals surface area contributed by atoms with Crippen LogP contribution in [0.15, 0.2) is 42.9 Å². The number of nitrogens with zero attached hydrogens (tertiary/aromatic N) is 5. The van der Waals surface area contributed by atoms with E-state index in [1.807, 2.05) is 6.92 Å². The molecule has 4 heterocycles. The number of hydrogen-bond acceptors (Lipinski definition) is 8. The number of nitriles is 2. The lowest BCUT2D eigenvalue weighted by Gasteiger charge is -2.15. The molecule has 0 bridgehead atoms. The van der Waals surface area contributed by atoms with Gasteiger partial charge < -0.3 is 15.4 Å². The molecule has 3 aromatic rings. The van der Waals surface area contributed by atoms with Gasteiger partial charge >= 0.3 is 0 Å². The molecule has 0 saturated carbocycles. The topological polar surface area (TPSA) is 137 Å². The van der Waals surface area contributed by atoms with Crippen molar-refractivity contribution in [3.05, 3.63) is 65.4 Å². The van der Waals surface area contributed by atoms with Gasteiger partial charge in [-0.25, -0.2) is 4.98 Å². The molecule has 9 nitrogen and oxygen atoms in total. The molecule has 0 aromatic carbocycles. The summed E-state index contributed by atoms with van der Waals surface area (Å²) in [6.07, 6.45) is 5.65. The van der Waals surface area contributed by atoms with Crippen LogP contribution < -0.4 is 10.6 Å². The van der Waals surface area contributed by atoms with Crippen LogP contribution in [0, 0.1) is 29.6 Å². The van der Waals surface area contributed by atoms with E-state index in [-0.39, 0.29) is 11.9 Å². The van der Waals surface area contributed by atoms with Crippen molar-refractivity contribution < 1.29 is 9.53 Å². The normalized spacial score (nSPS) is 15.2. The second kappa shape index (κ2) is 9.88. The molecule has 0 radical (unpaired) electrons. The summed E-state index contributed by atoms with van der Waals surface area (Å²) in [7, 11) is 0. The summed E-state index contributed by atoms with van der Waals surface area (Å²) in [5.41, 5.74) is 3.22. The third kappa shape index (κ3) is 5.26. The Hall–Kier alpha value is -4.34. The third-order valence-electron chi connectivity index (χ3n) is 5.88. The smallest absolute Gasteiger partial charge is 0.255 e. The van der Waals surface area contributed by atoms with Gasteiger partial charge in [-0.15, -0.1) is 0 Å². The molecule has 35 heavy (non-hydrogen) atoms. The number of ether oxygens (including phenoxy) is 1. The summed E-state index contributed by atoms with van der Waals surface area (Å²) in [5.74, 6) is 0.184. The second-order valence-electron chi connectivity index (χ2n) is 8.91. The average molecular weight is 468 g/mol. The zero-order valence-corrected chi connectivity index (χ0v) is 19.8. The number of rotatable bonds is 6. The van der Waals surface area contributed by atoms with Gasteiger partial charge in [0.25, 0.3) is 5.91 Å². The number of carbonyl (C=O) groups excluding carboxylic acids is 1. The Kier molecular flexibility index (Phi) is 6.72. The fourth-order valence-corrected chi connectivity index (χ4v) is 3.72. The molecule has 9 heteroatoms. The van der Waals surface area contributed by atoms with E-state index < -0.39 is 5.41 Å². The van der Waals surface area contributed by atoms with Crippen LogP contribution in [0.1, 0.15) is 47.6 Å². The van der Waals surface area contributed by atoms with Gasteiger partial charge in [-0.1, -0.05) is 0 Å². The van der Waals surface area contributed by atoms with E-state index in [9.17, 15) is 15.3 Å². The maximum atomic E-state index is 12.9. The van der Waals surface area contributed by atoms with E-state index in [0.717, 1.165) is 23.2 Å². The van der Waals surface area contributed by atoms with Crippen LogP contribution in [-0.4, -0.2) is 40.1 Å². The second-order valence-corrected chi connectivity index (χ2v) is 8.91. The van der Waals surface area contributed by atoms with Crippen molar-refractivity contribution in [1.82, 2.24) is 15.0 Å². The first kappa shape index (κ1) is 23.8. The predicted molar refractivity (Wildman–Crippen MR) is 131 cm³/mol. The van der Waals surface area contributed by atoms with E-state index in [1.165, 1.54) is 6.20 Å². The summed E-state index contributed by atoms with van der Waals surface area (Å²) < 4.78 is 5.38. The van der Waals surface area contributed by atoms with Gasteiger partial charge in [-0.2, -0.15) is 10.5 Å². The van der Waals surface area contributed by atoms with Crippen molar-refractivity contribution in [3.63, 3.8) is 0 Å².